The second-order valence-corrected chi connectivity index (χ2v) is 2.83. The quantitative estimate of drug-likeness (QED) is 0.475. The van der Waals surface area contributed by atoms with E-state index in [4.69, 9.17) is 20.1 Å². The minimum atomic E-state index is -1.20. The fourth-order valence-corrected chi connectivity index (χ4v) is 1.29. The van der Waals surface area contributed by atoms with Gasteiger partial charge >= 0.3 is 76.0 Å². The molecule has 0 spiro atoms. The van der Waals surface area contributed by atoms with Crippen molar-refractivity contribution in [2.24, 2.45) is 0 Å². The Labute approximate surface area is 76.3 Å². The van der Waals surface area contributed by atoms with Gasteiger partial charge in [0.1, 0.15) is 0 Å². The molecule has 0 aromatic carbocycles. The van der Waals surface area contributed by atoms with Crippen molar-refractivity contribution in [1.29, 1.82) is 0 Å². The van der Waals surface area contributed by atoms with E-state index in [0.717, 1.165) is 0 Å². The van der Waals surface area contributed by atoms with Crippen LogP contribution in [0.5, 0.6) is 0 Å². The number of hydrogen-bond donors (Lipinski definition) is 3. The van der Waals surface area contributed by atoms with Crippen LogP contribution in [0.4, 0.5) is 0 Å². The summed E-state index contributed by atoms with van der Waals surface area (Å²) in [6.07, 6.45) is -4.29. The van der Waals surface area contributed by atoms with Crippen molar-refractivity contribution in [1.82, 2.24) is 0 Å². The van der Waals surface area contributed by atoms with Gasteiger partial charge in [0.05, 0.1) is 0 Å². The third-order valence-corrected chi connectivity index (χ3v) is 2.03. The molecule has 1 fully saturated rings. The average molecular weight is 346 g/mol. The summed E-state index contributed by atoms with van der Waals surface area (Å²) in [5, 5.41) is 27.2. The average Bonchev–Trinajstić information content (AvgIpc) is 2.01. The Kier molecular flexibility index (Phi) is 3.48. The van der Waals surface area contributed by atoms with Crippen molar-refractivity contribution in [3.8, 4) is 0 Å². The number of rotatable bonds is 1. The molecule has 6 heteroatoms. The molecule has 1 unspecified atom stereocenters. The summed E-state index contributed by atoms with van der Waals surface area (Å²) in [5.74, 6) is 0. The fraction of sp³-hybridized carbons (Fsp3) is 1.00. The van der Waals surface area contributed by atoms with E-state index in [9.17, 15) is 0 Å². The maximum absolute atomic E-state index is 9.14. The molecule has 0 bridgehead atoms. The second-order valence-electron chi connectivity index (χ2n) is 2.32. The molecule has 0 radical (unpaired) electrons. The van der Waals surface area contributed by atoms with Crippen LogP contribution < -0.4 is 0 Å². The Morgan fingerprint density at radius 2 is 1.91 bits per heavy atom. The zero-order valence-corrected chi connectivity index (χ0v) is 7.64. The molecule has 4 atom stereocenters. The van der Waals surface area contributed by atoms with Crippen molar-refractivity contribution in [3.63, 3.8) is 0 Å². The molecular weight excluding hydrogens is 337 g/mol. The summed E-state index contributed by atoms with van der Waals surface area (Å²) < 4.78 is 9.45. The van der Waals surface area contributed by atoms with Crippen LogP contribution in [-0.2, 0) is 29.4 Å². The molecule has 11 heavy (non-hydrogen) atoms. The van der Waals surface area contributed by atoms with Crippen molar-refractivity contribution in [2.45, 2.75) is 24.6 Å². The molecule has 1 aliphatic rings. The summed E-state index contributed by atoms with van der Waals surface area (Å²) >= 11 is 1.73. The van der Waals surface area contributed by atoms with Crippen molar-refractivity contribution >= 4 is 0 Å². The molecule has 0 aromatic heterocycles. The molecule has 0 saturated carbocycles. The van der Waals surface area contributed by atoms with Crippen LogP contribution in [0.25, 0.3) is 0 Å². The Morgan fingerprint density at radius 1 is 1.27 bits per heavy atom. The molecule has 3 N–H and O–H groups in total. The van der Waals surface area contributed by atoms with Crippen LogP contribution in [0.1, 0.15) is 0 Å². The normalized spacial score (nSPS) is 45.9. The Balaban J connectivity index is 2.52. The third kappa shape index (κ3) is 2.01. The molecule has 1 aliphatic heterocycles. The van der Waals surface area contributed by atoms with Crippen molar-refractivity contribution in [3.05, 3.63) is 0 Å². The summed E-state index contributed by atoms with van der Waals surface area (Å²) in [7, 11) is 0. The zero-order valence-electron chi connectivity index (χ0n) is 5.48. The molecule has 0 aliphatic carbocycles. The topological polar surface area (TPSA) is 79.2 Å². The molecule has 0 aromatic rings. The van der Waals surface area contributed by atoms with Gasteiger partial charge in [0.2, 0.25) is 0 Å². The number of ether oxygens (including phenoxy) is 1. The first-order valence-corrected chi connectivity index (χ1v) is 3.95. The van der Waals surface area contributed by atoms with E-state index in [1.807, 2.05) is 0 Å². The van der Waals surface area contributed by atoms with Gasteiger partial charge in [-0.25, -0.2) is 0 Å². The van der Waals surface area contributed by atoms with Gasteiger partial charge in [0, 0.05) is 0 Å². The first kappa shape index (κ1) is 9.63. The molecule has 1 rings (SSSR count). The van der Waals surface area contributed by atoms with Crippen LogP contribution in [-0.4, -0.2) is 46.5 Å². The molecule has 5 nitrogen and oxygen atoms in total. The molecule has 0 amide bonds. The van der Waals surface area contributed by atoms with Crippen LogP contribution in [0.3, 0.4) is 0 Å². The standard InChI is InChI=1S/C5H9O5.Au/c6-2-1-10-5(9)4(8)3(2)7;/h2-8H,1H2;/q-1;+1/t2-,3+,4-,5?;/m1./s1. The molecule has 1 saturated heterocycles. The maximum atomic E-state index is 9.14. The van der Waals surface area contributed by atoms with Crippen molar-refractivity contribution in [2.75, 3.05) is 6.61 Å². The Hall–Kier alpha value is 0.540. The summed E-state index contributed by atoms with van der Waals surface area (Å²) in [6.45, 7) is -0.0260. The first-order valence-electron chi connectivity index (χ1n) is 3.07. The first-order chi connectivity index (χ1) is 5.16. The van der Waals surface area contributed by atoms with Gasteiger partial charge < -0.3 is 0 Å². The van der Waals surface area contributed by atoms with Crippen LogP contribution >= 0.6 is 0 Å². The van der Waals surface area contributed by atoms with Gasteiger partial charge in [-0.2, -0.15) is 0 Å². The van der Waals surface area contributed by atoms with E-state index in [1.165, 1.54) is 0 Å². The van der Waals surface area contributed by atoms with E-state index in [1.54, 1.807) is 21.5 Å². The van der Waals surface area contributed by atoms with Gasteiger partial charge in [-0.05, 0) is 0 Å². The van der Waals surface area contributed by atoms with E-state index in [-0.39, 0.29) is 6.61 Å². The van der Waals surface area contributed by atoms with Crippen LogP contribution in [0.15, 0.2) is 0 Å². The molecule has 1 heterocycles. The van der Waals surface area contributed by atoms with E-state index >= 15 is 0 Å². The zero-order chi connectivity index (χ0) is 8.43. The monoisotopic (exact) mass is 346 g/mol. The fourth-order valence-electron chi connectivity index (χ4n) is 0.842. The Bertz CT molecular complexity index is 130. The third-order valence-electron chi connectivity index (χ3n) is 1.52. The van der Waals surface area contributed by atoms with Gasteiger partial charge in [-0.3, -0.25) is 0 Å². The van der Waals surface area contributed by atoms with E-state index in [0.29, 0.717) is 0 Å². The number of aliphatic hydroxyl groups excluding tert-OH is 3. The van der Waals surface area contributed by atoms with Gasteiger partial charge in [0.15, 0.2) is 0 Å². The summed E-state index contributed by atoms with van der Waals surface area (Å²) in [4.78, 5) is 0. The van der Waals surface area contributed by atoms with Crippen LogP contribution in [0, 0.1) is 0 Å². The molecular formula is C5H9AuO5. The van der Waals surface area contributed by atoms with E-state index in [2.05, 4.69) is 3.24 Å². The van der Waals surface area contributed by atoms with E-state index < -0.39 is 24.6 Å². The summed E-state index contributed by atoms with van der Waals surface area (Å²) in [5.41, 5.74) is 0. The predicted octanol–water partition coefficient (Wildman–Crippen LogP) is -2.10. The van der Waals surface area contributed by atoms with Crippen molar-refractivity contribution < 1.29 is 44.8 Å². The Morgan fingerprint density at radius 3 is 2.45 bits per heavy atom. The molecule has 70 valence electrons. The number of hydrogen-bond acceptors (Lipinski definition) is 5. The summed E-state index contributed by atoms with van der Waals surface area (Å²) in [6, 6.07) is 0. The number of aliphatic hydroxyl groups is 3. The predicted molar refractivity (Wildman–Crippen MR) is 28.8 cm³/mol. The van der Waals surface area contributed by atoms with Gasteiger partial charge in [0.25, 0.3) is 0 Å². The van der Waals surface area contributed by atoms with Gasteiger partial charge in [-0.1, -0.05) is 0 Å². The van der Waals surface area contributed by atoms with Crippen LogP contribution in [0.2, 0.25) is 0 Å². The van der Waals surface area contributed by atoms with Gasteiger partial charge in [-0.15, -0.1) is 0 Å². The SMILES string of the molecule is O[C@H]1[C@H](O)COC([O][Au])[C@@H]1O. The second kappa shape index (κ2) is 3.97. The minimum absolute atomic E-state index is 0.0260.